The molecule has 0 aliphatic rings. The minimum Gasteiger partial charge on any atom is -0.494 e. The summed E-state index contributed by atoms with van der Waals surface area (Å²) in [4.78, 5) is 14.2. The summed E-state index contributed by atoms with van der Waals surface area (Å²) >= 11 is 0. The SMILES string of the molecule is C(=Nc1cc2cccnc2c2ncccc12)c1ccc2c(c1)c1ccccc1n2CCCCCCOc1ccc(-c2nnc(-c3ccccc3)o2)cc1. The molecule has 0 amide bonds. The van der Waals surface area contributed by atoms with E-state index in [9.17, 15) is 0 Å². The minimum atomic E-state index is 0.495. The lowest BCUT2D eigenvalue weighted by molar-refractivity contribution is 0.304. The van der Waals surface area contributed by atoms with E-state index in [0.29, 0.717) is 18.4 Å². The number of hydrogen-bond acceptors (Lipinski definition) is 7. The van der Waals surface area contributed by atoms with Crippen LogP contribution in [0.2, 0.25) is 0 Å². The Kier molecular flexibility index (Phi) is 8.83. The number of rotatable bonds is 12. The number of benzene rings is 5. The van der Waals surface area contributed by atoms with Gasteiger partial charge in [-0.15, -0.1) is 10.2 Å². The molecule has 0 saturated heterocycles. The van der Waals surface area contributed by atoms with Crippen molar-refractivity contribution in [3.05, 3.63) is 145 Å². The Bertz CT molecular complexity index is 2720. The molecule has 0 bridgehead atoms. The Labute approximate surface area is 306 Å². The number of nitrogens with zero attached hydrogens (tertiary/aromatic N) is 6. The smallest absolute Gasteiger partial charge is 0.248 e. The first-order valence-electron chi connectivity index (χ1n) is 18.1. The van der Waals surface area contributed by atoms with Crippen molar-refractivity contribution in [2.75, 3.05) is 6.61 Å². The first-order chi connectivity index (χ1) is 26.3. The Morgan fingerprint density at radius 1 is 0.604 bits per heavy atom. The van der Waals surface area contributed by atoms with Crippen LogP contribution in [0.3, 0.4) is 0 Å². The molecule has 0 aliphatic carbocycles. The van der Waals surface area contributed by atoms with Crippen LogP contribution >= 0.6 is 0 Å². The maximum absolute atomic E-state index is 6.05. The summed E-state index contributed by atoms with van der Waals surface area (Å²) in [6, 6.07) is 43.1. The van der Waals surface area contributed by atoms with Gasteiger partial charge in [-0.05, 0) is 97.3 Å². The van der Waals surface area contributed by atoms with E-state index in [2.05, 4.69) is 85.4 Å². The maximum atomic E-state index is 6.05. The van der Waals surface area contributed by atoms with Crippen molar-refractivity contribution in [1.29, 1.82) is 0 Å². The van der Waals surface area contributed by atoms with Crippen molar-refractivity contribution in [2.24, 2.45) is 4.99 Å². The third-order valence-corrected chi connectivity index (χ3v) is 9.68. The zero-order chi connectivity index (χ0) is 35.4. The number of aryl methyl sites for hydroxylation is 1. The minimum absolute atomic E-state index is 0.495. The Morgan fingerprint density at radius 3 is 2.19 bits per heavy atom. The van der Waals surface area contributed by atoms with Crippen molar-refractivity contribution >= 4 is 55.5 Å². The summed E-state index contributed by atoms with van der Waals surface area (Å²) in [6.07, 6.45) is 9.91. The second kappa shape index (κ2) is 14.5. The van der Waals surface area contributed by atoms with Gasteiger partial charge >= 0.3 is 0 Å². The molecule has 0 unspecified atom stereocenters. The Morgan fingerprint density at radius 2 is 1.32 bits per heavy atom. The number of aliphatic imine (C=N–C) groups is 1. The monoisotopic (exact) mass is 692 g/mol. The van der Waals surface area contributed by atoms with Crippen molar-refractivity contribution in [3.8, 4) is 28.7 Å². The fourth-order valence-corrected chi connectivity index (χ4v) is 7.05. The number of aromatic nitrogens is 5. The number of ether oxygens (including phenoxy) is 1. The van der Waals surface area contributed by atoms with Crippen LogP contribution in [0.5, 0.6) is 5.75 Å². The molecule has 9 aromatic rings. The molecule has 0 radical (unpaired) electrons. The molecular weight excluding hydrogens is 657 g/mol. The first-order valence-corrected chi connectivity index (χ1v) is 18.1. The fourth-order valence-electron chi connectivity index (χ4n) is 7.05. The molecule has 9 rings (SSSR count). The molecule has 0 aliphatic heterocycles. The van der Waals surface area contributed by atoms with Crippen LogP contribution in [0.25, 0.3) is 66.5 Å². The number of para-hydroxylation sites is 1. The molecule has 8 heteroatoms. The Balaban J connectivity index is 0.817. The first kappa shape index (κ1) is 32.3. The summed E-state index contributed by atoms with van der Waals surface area (Å²) in [5, 5.41) is 12.9. The van der Waals surface area contributed by atoms with Gasteiger partial charge < -0.3 is 13.7 Å². The van der Waals surface area contributed by atoms with Crippen LogP contribution in [0.4, 0.5) is 5.69 Å². The lowest BCUT2D eigenvalue weighted by Crippen LogP contribution is -2.00. The van der Waals surface area contributed by atoms with Crippen LogP contribution in [-0.4, -0.2) is 37.6 Å². The molecule has 0 saturated carbocycles. The maximum Gasteiger partial charge on any atom is 0.248 e. The fraction of sp³-hybridized carbons (Fsp3) is 0.133. The molecule has 0 fully saturated rings. The highest BCUT2D eigenvalue weighted by Crippen LogP contribution is 2.33. The summed E-state index contributed by atoms with van der Waals surface area (Å²) < 4.78 is 14.4. The molecule has 0 spiro atoms. The van der Waals surface area contributed by atoms with E-state index in [1.165, 1.54) is 21.8 Å². The van der Waals surface area contributed by atoms with Gasteiger partial charge in [0.15, 0.2) is 0 Å². The van der Waals surface area contributed by atoms with E-state index in [4.69, 9.17) is 14.1 Å². The van der Waals surface area contributed by atoms with Gasteiger partial charge in [-0.2, -0.15) is 0 Å². The highest BCUT2D eigenvalue weighted by Gasteiger charge is 2.13. The lowest BCUT2D eigenvalue weighted by Gasteiger charge is -2.09. The number of hydrogen-bond donors (Lipinski definition) is 0. The highest BCUT2D eigenvalue weighted by molar-refractivity contribution is 6.11. The van der Waals surface area contributed by atoms with Crippen LogP contribution in [0.1, 0.15) is 31.2 Å². The molecule has 258 valence electrons. The van der Waals surface area contributed by atoms with Crippen molar-refractivity contribution in [1.82, 2.24) is 24.7 Å². The number of pyridine rings is 2. The molecular formula is C45H36N6O2. The second-order valence-electron chi connectivity index (χ2n) is 13.1. The molecule has 5 aromatic carbocycles. The van der Waals surface area contributed by atoms with Crippen molar-refractivity contribution in [3.63, 3.8) is 0 Å². The largest absolute Gasteiger partial charge is 0.494 e. The summed E-state index contributed by atoms with van der Waals surface area (Å²) in [5.41, 5.74) is 7.99. The third kappa shape index (κ3) is 6.63. The summed E-state index contributed by atoms with van der Waals surface area (Å²) in [5.74, 6) is 1.85. The van der Waals surface area contributed by atoms with Gasteiger partial charge in [0.2, 0.25) is 11.8 Å². The van der Waals surface area contributed by atoms with Crippen molar-refractivity contribution < 1.29 is 9.15 Å². The number of unbranched alkanes of at least 4 members (excludes halogenated alkanes) is 3. The predicted octanol–water partition coefficient (Wildman–Crippen LogP) is 11.0. The van der Waals surface area contributed by atoms with E-state index in [1.54, 1.807) is 0 Å². The van der Waals surface area contributed by atoms with Crippen molar-refractivity contribution in [2.45, 2.75) is 32.2 Å². The molecule has 0 N–H and O–H groups in total. The molecule has 4 aromatic heterocycles. The Hall–Kier alpha value is -6.67. The van der Waals surface area contributed by atoms with E-state index in [0.717, 1.165) is 82.2 Å². The average Bonchev–Trinajstić information content (AvgIpc) is 3.84. The van der Waals surface area contributed by atoms with E-state index >= 15 is 0 Å². The van der Waals surface area contributed by atoms with E-state index in [1.807, 2.05) is 85.3 Å². The second-order valence-corrected chi connectivity index (χ2v) is 13.1. The summed E-state index contributed by atoms with van der Waals surface area (Å²) in [6.45, 7) is 1.64. The van der Waals surface area contributed by atoms with Crippen LogP contribution in [0.15, 0.2) is 149 Å². The van der Waals surface area contributed by atoms with E-state index in [-0.39, 0.29) is 0 Å². The van der Waals surface area contributed by atoms with Gasteiger partial charge in [-0.1, -0.05) is 61.4 Å². The van der Waals surface area contributed by atoms with E-state index < -0.39 is 0 Å². The lowest BCUT2D eigenvalue weighted by atomic mass is 10.1. The number of fused-ring (bicyclic) bond motifs is 6. The van der Waals surface area contributed by atoms with Gasteiger partial charge in [-0.3, -0.25) is 15.0 Å². The van der Waals surface area contributed by atoms with Crippen LogP contribution in [-0.2, 0) is 6.54 Å². The van der Waals surface area contributed by atoms with Gasteiger partial charge in [0.25, 0.3) is 0 Å². The van der Waals surface area contributed by atoms with Gasteiger partial charge in [-0.25, -0.2) is 0 Å². The van der Waals surface area contributed by atoms with Gasteiger partial charge in [0.05, 0.1) is 23.3 Å². The zero-order valence-corrected chi connectivity index (χ0v) is 29.1. The normalized spacial score (nSPS) is 11.8. The summed E-state index contributed by atoms with van der Waals surface area (Å²) in [7, 11) is 0. The quantitative estimate of drug-likeness (QED) is 0.0719. The molecule has 4 heterocycles. The van der Waals surface area contributed by atoms with Gasteiger partial charge in [0.1, 0.15) is 5.75 Å². The molecule has 0 atom stereocenters. The third-order valence-electron chi connectivity index (χ3n) is 9.68. The average molecular weight is 693 g/mol. The zero-order valence-electron chi connectivity index (χ0n) is 29.1. The highest BCUT2D eigenvalue weighted by atomic mass is 16.5. The van der Waals surface area contributed by atoms with Crippen LogP contribution < -0.4 is 4.74 Å². The standard InChI is InChI=1S/C45H36N6O2/c1(2-9-27-52-35-21-19-33(20-22-35)45-50-49-44(53-45)32-12-4-3-5-13-32)8-26-51-40-17-7-6-15-36(40)38-28-31(18-23-41(38)51)30-48-39-29-34-14-10-24-46-42(34)43-37(39)16-11-25-47-43/h3-7,10-25,28-30H,1-2,8-9,26-27H2. The molecule has 53 heavy (non-hydrogen) atoms. The van der Waals surface area contributed by atoms with Gasteiger partial charge in [0, 0.05) is 68.9 Å². The molecule has 8 nitrogen and oxygen atoms in total. The topological polar surface area (TPSA) is 91.2 Å². The van der Waals surface area contributed by atoms with Crippen LogP contribution in [0, 0.1) is 0 Å². The predicted molar refractivity (Wildman–Crippen MR) is 213 cm³/mol.